The molecular weight excluding hydrogens is 180 g/mol. The molecule has 3 nitrogen and oxygen atoms in total. The molecule has 2 bridgehead atoms. The van der Waals surface area contributed by atoms with E-state index in [9.17, 15) is 9.90 Å². The van der Waals surface area contributed by atoms with E-state index >= 15 is 0 Å². The zero-order valence-electron chi connectivity index (χ0n) is 8.19. The molecule has 0 aromatic heterocycles. The molecule has 1 N–H and O–H groups in total. The SMILES string of the molecule is O=C1OC2CC(C1CO)C1CCCC21. The third-order valence-corrected chi connectivity index (χ3v) is 4.44. The molecule has 3 rings (SSSR count). The van der Waals surface area contributed by atoms with Crippen LogP contribution in [0.25, 0.3) is 0 Å². The Labute approximate surface area is 83.4 Å². The predicted molar refractivity (Wildman–Crippen MR) is 49.4 cm³/mol. The number of rotatable bonds is 1. The molecule has 1 heterocycles. The predicted octanol–water partition coefficient (Wildman–Crippen LogP) is 0.956. The maximum Gasteiger partial charge on any atom is 0.311 e. The summed E-state index contributed by atoms with van der Waals surface area (Å²) in [5.74, 6) is 1.31. The highest BCUT2D eigenvalue weighted by molar-refractivity contribution is 5.74. The van der Waals surface area contributed by atoms with Crippen LogP contribution < -0.4 is 0 Å². The van der Waals surface area contributed by atoms with Crippen molar-refractivity contribution >= 4 is 5.97 Å². The summed E-state index contributed by atoms with van der Waals surface area (Å²) >= 11 is 0. The van der Waals surface area contributed by atoms with Crippen LogP contribution in [0.5, 0.6) is 0 Å². The lowest BCUT2D eigenvalue weighted by Crippen LogP contribution is -2.36. The second-order valence-corrected chi connectivity index (χ2v) is 4.92. The molecule has 0 aromatic rings. The first-order valence-corrected chi connectivity index (χ1v) is 5.62. The van der Waals surface area contributed by atoms with Gasteiger partial charge in [-0.2, -0.15) is 0 Å². The molecule has 0 spiro atoms. The molecule has 1 aliphatic heterocycles. The van der Waals surface area contributed by atoms with Gasteiger partial charge in [0.15, 0.2) is 0 Å². The van der Waals surface area contributed by atoms with E-state index in [1.165, 1.54) is 19.3 Å². The Morgan fingerprint density at radius 3 is 2.86 bits per heavy atom. The summed E-state index contributed by atoms with van der Waals surface area (Å²) in [5, 5.41) is 9.20. The van der Waals surface area contributed by atoms with Crippen molar-refractivity contribution in [3.8, 4) is 0 Å². The lowest BCUT2D eigenvalue weighted by Gasteiger charge is -2.28. The van der Waals surface area contributed by atoms with Crippen LogP contribution in [0.15, 0.2) is 0 Å². The summed E-state index contributed by atoms with van der Waals surface area (Å²) in [6.07, 6.45) is 4.92. The van der Waals surface area contributed by atoms with Crippen LogP contribution in [0.4, 0.5) is 0 Å². The van der Waals surface area contributed by atoms with Crippen molar-refractivity contribution in [3.63, 3.8) is 0 Å². The number of fused-ring (bicyclic) bond motifs is 5. The fourth-order valence-electron chi connectivity index (χ4n) is 3.85. The average Bonchev–Trinajstić information content (AvgIpc) is 2.71. The minimum absolute atomic E-state index is 0.0283. The summed E-state index contributed by atoms with van der Waals surface area (Å²) in [7, 11) is 0. The van der Waals surface area contributed by atoms with Gasteiger partial charge in [-0.15, -0.1) is 0 Å². The number of hydrogen-bond donors (Lipinski definition) is 1. The van der Waals surface area contributed by atoms with E-state index in [0.717, 1.165) is 6.42 Å². The Morgan fingerprint density at radius 2 is 2.07 bits per heavy atom. The van der Waals surface area contributed by atoms with Gasteiger partial charge in [0.1, 0.15) is 6.10 Å². The molecular formula is C11H16O3. The van der Waals surface area contributed by atoms with Crippen molar-refractivity contribution in [1.82, 2.24) is 0 Å². The van der Waals surface area contributed by atoms with Crippen LogP contribution >= 0.6 is 0 Å². The molecule has 2 aliphatic carbocycles. The fourth-order valence-corrected chi connectivity index (χ4v) is 3.85. The van der Waals surface area contributed by atoms with Gasteiger partial charge < -0.3 is 9.84 Å². The molecule has 0 aromatic carbocycles. The van der Waals surface area contributed by atoms with E-state index in [-0.39, 0.29) is 24.6 Å². The summed E-state index contributed by atoms with van der Waals surface area (Å²) in [6.45, 7) is -0.0283. The van der Waals surface area contributed by atoms with Crippen LogP contribution in [0.1, 0.15) is 25.7 Å². The highest BCUT2D eigenvalue weighted by Crippen LogP contribution is 2.54. The van der Waals surface area contributed by atoms with Gasteiger partial charge in [0.2, 0.25) is 0 Å². The summed E-state index contributed by atoms with van der Waals surface area (Å²) in [5.41, 5.74) is 0. The van der Waals surface area contributed by atoms with Crippen LogP contribution in [0, 0.1) is 23.7 Å². The second kappa shape index (κ2) is 2.96. The van der Waals surface area contributed by atoms with E-state index in [1.54, 1.807) is 0 Å². The minimum atomic E-state index is -0.223. The number of carbonyl (C=O) groups is 1. The monoisotopic (exact) mass is 196 g/mol. The quantitative estimate of drug-likeness (QED) is 0.635. The third-order valence-electron chi connectivity index (χ3n) is 4.44. The molecule has 3 heteroatoms. The maximum absolute atomic E-state index is 11.5. The first-order chi connectivity index (χ1) is 6.81. The number of ether oxygens (including phenoxy) is 1. The Hall–Kier alpha value is -0.570. The summed E-state index contributed by atoms with van der Waals surface area (Å²) in [4.78, 5) is 11.5. The fraction of sp³-hybridized carbons (Fsp3) is 0.909. The topological polar surface area (TPSA) is 46.5 Å². The molecule has 0 amide bonds. The van der Waals surface area contributed by atoms with Crippen molar-refractivity contribution in [2.24, 2.45) is 23.7 Å². The lowest BCUT2D eigenvalue weighted by atomic mass is 9.82. The number of carbonyl (C=O) groups excluding carboxylic acids is 1. The van der Waals surface area contributed by atoms with Gasteiger partial charge in [0.25, 0.3) is 0 Å². The number of aliphatic hydroxyl groups excluding tert-OH is 1. The molecule has 78 valence electrons. The van der Waals surface area contributed by atoms with Crippen molar-refractivity contribution in [3.05, 3.63) is 0 Å². The molecule has 14 heavy (non-hydrogen) atoms. The van der Waals surface area contributed by atoms with E-state index < -0.39 is 0 Å². The molecule has 3 aliphatic rings. The normalized spacial score (nSPS) is 50.4. The maximum atomic E-state index is 11.5. The number of aliphatic hydroxyl groups is 1. The van der Waals surface area contributed by atoms with Gasteiger partial charge in [-0.3, -0.25) is 4.79 Å². The highest BCUT2D eigenvalue weighted by Gasteiger charge is 2.55. The van der Waals surface area contributed by atoms with Crippen LogP contribution in [-0.4, -0.2) is 23.8 Å². The van der Waals surface area contributed by atoms with E-state index in [0.29, 0.717) is 17.8 Å². The van der Waals surface area contributed by atoms with Crippen LogP contribution in [-0.2, 0) is 9.53 Å². The minimum Gasteiger partial charge on any atom is -0.462 e. The van der Waals surface area contributed by atoms with Gasteiger partial charge in [-0.05, 0) is 37.0 Å². The van der Waals surface area contributed by atoms with Gasteiger partial charge in [-0.1, -0.05) is 6.42 Å². The van der Waals surface area contributed by atoms with Gasteiger partial charge in [-0.25, -0.2) is 0 Å². The highest BCUT2D eigenvalue weighted by atomic mass is 16.5. The Kier molecular flexibility index (Phi) is 1.84. The Morgan fingerprint density at radius 1 is 1.29 bits per heavy atom. The van der Waals surface area contributed by atoms with E-state index in [2.05, 4.69) is 0 Å². The molecule has 2 saturated carbocycles. The van der Waals surface area contributed by atoms with Crippen LogP contribution in [0.2, 0.25) is 0 Å². The second-order valence-electron chi connectivity index (χ2n) is 4.92. The lowest BCUT2D eigenvalue weighted by molar-refractivity contribution is -0.163. The van der Waals surface area contributed by atoms with E-state index in [4.69, 9.17) is 4.74 Å². The molecule has 5 unspecified atom stereocenters. The number of esters is 1. The van der Waals surface area contributed by atoms with Crippen molar-refractivity contribution in [2.45, 2.75) is 31.8 Å². The number of hydrogen-bond acceptors (Lipinski definition) is 3. The van der Waals surface area contributed by atoms with Crippen LogP contribution in [0.3, 0.4) is 0 Å². The largest absolute Gasteiger partial charge is 0.462 e. The van der Waals surface area contributed by atoms with Gasteiger partial charge in [0.05, 0.1) is 12.5 Å². The zero-order valence-corrected chi connectivity index (χ0v) is 8.19. The summed E-state index contributed by atoms with van der Waals surface area (Å²) < 4.78 is 5.40. The first kappa shape index (κ1) is 8.72. The van der Waals surface area contributed by atoms with E-state index in [1.807, 2.05) is 0 Å². The standard InChI is InChI=1S/C11H16O3/c12-5-9-8-4-10(14-11(9)13)7-3-1-2-6(7)8/h6-10,12H,1-5H2. The Bertz CT molecular complexity index is 263. The molecule has 0 radical (unpaired) electrons. The molecule has 1 saturated heterocycles. The third kappa shape index (κ3) is 0.991. The smallest absolute Gasteiger partial charge is 0.311 e. The van der Waals surface area contributed by atoms with Crippen molar-refractivity contribution in [2.75, 3.05) is 6.61 Å². The van der Waals surface area contributed by atoms with Gasteiger partial charge >= 0.3 is 5.97 Å². The van der Waals surface area contributed by atoms with Crippen molar-refractivity contribution < 1.29 is 14.6 Å². The summed E-state index contributed by atoms with van der Waals surface area (Å²) in [6, 6.07) is 0. The Balaban J connectivity index is 1.90. The zero-order chi connectivity index (χ0) is 9.71. The first-order valence-electron chi connectivity index (χ1n) is 5.62. The molecule has 3 fully saturated rings. The van der Waals surface area contributed by atoms with Crippen molar-refractivity contribution in [1.29, 1.82) is 0 Å². The molecule has 5 atom stereocenters. The van der Waals surface area contributed by atoms with Gasteiger partial charge in [0, 0.05) is 0 Å². The average molecular weight is 196 g/mol.